The largest absolute Gasteiger partial charge is 0.470 e. The molecule has 0 fully saturated rings. The summed E-state index contributed by atoms with van der Waals surface area (Å²) >= 11 is 0. The molecule has 7 heteroatoms. The summed E-state index contributed by atoms with van der Waals surface area (Å²) in [7, 11) is 0. The average Bonchev–Trinajstić information content (AvgIpc) is 2.19. The molecule has 0 saturated carbocycles. The fourth-order valence-corrected chi connectivity index (χ4v) is 0.801. The molecule has 0 unspecified atom stereocenters. The second-order valence-electron chi connectivity index (χ2n) is 2.28. The van der Waals surface area contributed by atoms with E-state index in [1.807, 2.05) is 0 Å². The molecule has 1 aromatic carbocycles. The number of non-ortho nitro benzene ring substituents is 1. The molecule has 1 aromatic rings. The molecular weight excluding hydrogens is 188 g/mol. The first-order valence-electron chi connectivity index (χ1n) is 3.68. The second kappa shape index (κ2) is 4.75. The number of nitrogens with zero attached hydrogens (tertiary/aromatic N) is 3. The molecule has 74 valence electrons. The van der Waals surface area contributed by atoms with Crippen LogP contribution in [0.3, 0.4) is 0 Å². The van der Waals surface area contributed by atoms with Gasteiger partial charge in [0, 0.05) is 12.1 Å². The van der Waals surface area contributed by atoms with Crippen LogP contribution in [-0.4, -0.2) is 11.7 Å². The summed E-state index contributed by atoms with van der Waals surface area (Å²) in [6, 6.07) is 5.64. The molecule has 0 aliphatic heterocycles. The van der Waals surface area contributed by atoms with Gasteiger partial charge in [0.1, 0.15) is 5.75 Å². The van der Waals surface area contributed by atoms with Crippen molar-refractivity contribution in [2.75, 3.05) is 6.73 Å². The molecule has 1 rings (SSSR count). The van der Waals surface area contributed by atoms with Crippen molar-refractivity contribution >= 4 is 5.69 Å². The summed E-state index contributed by atoms with van der Waals surface area (Å²) in [6.07, 6.45) is 0. The molecule has 0 amide bonds. The second-order valence-corrected chi connectivity index (χ2v) is 2.28. The number of nitrogens with two attached hydrogens (primary N) is 1. The van der Waals surface area contributed by atoms with E-state index in [2.05, 4.69) is 10.3 Å². The standard InChI is InChI=1S/C7H8N4O3/c8-10-9-5-14-7-3-1-6(2-4-7)11(12)13/h1-4H,5H2,(H2,8,9). The molecule has 0 spiro atoms. The monoisotopic (exact) mass is 196 g/mol. The predicted molar refractivity (Wildman–Crippen MR) is 47.6 cm³/mol. The van der Waals surface area contributed by atoms with Crippen molar-refractivity contribution in [1.82, 2.24) is 0 Å². The summed E-state index contributed by atoms with van der Waals surface area (Å²) in [6.45, 7) is -0.00564. The Hall–Kier alpha value is -2.18. The van der Waals surface area contributed by atoms with Gasteiger partial charge in [-0.25, -0.2) is 0 Å². The Labute approximate surface area is 79.3 Å². The summed E-state index contributed by atoms with van der Waals surface area (Å²) in [5.74, 6) is 5.22. The van der Waals surface area contributed by atoms with Gasteiger partial charge >= 0.3 is 0 Å². The molecule has 0 aliphatic carbocycles. The molecule has 0 radical (unpaired) electrons. The number of nitro groups is 1. The van der Waals surface area contributed by atoms with Gasteiger partial charge in [-0.15, -0.1) is 5.11 Å². The predicted octanol–water partition coefficient (Wildman–Crippen LogP) is 1.26. The highest BCUT2D eigenvalue weighted by Gasteiger charge is 2.03. The fourth-order valence-electron chi connectivity index (χ4n) is 0.801. The molecule has 0 bridgehead atoms. The first-order valence-corrected chi connectivity index (χ1v) is 3.68. The Morgan fingerprint density at radius 3 is 2.57 bits per heavy atom. The lowest BCUT2D eigenvalue weighted by molar-refractivity contribution is -0.384. The van der Waals surface area contributed by atoms with Crippen molar-refractivity contribution < 1.29 is 9.66 Å². The van der Waals surface area contributed by atoms with Crippen LogP contribution in [0.4, 0.5) is 5.69 Å². The van der Waals surface area contributed by atoms with E-state index in [9.17, 15) is 10.1 Å². The third-order valence-electron chi connectivity index (χ3n) is 1.42. The SMILES string of the molecule is NN=NCOc1ccc([N+](=O)[O-])cc1. The Morgan fingerprint density at radius 1 is 1.43 bits per heavy atom. The van der Waals surface area contributed by atoms with Crippen LogP contribution in [0.2, 0.25) is 0 Å². The zero-order chi connectivity index (χ0) is 10.4. The Bertz CT molecular complexity index is 335. The van der Waals surface area contributed by atoms with Crippen molar-refractivity contribution in [3.05, 3.63) is 34.4 Å². The molecule has 0 aromatic heterocycles. The first kappa shape index (κ1) is 9.90. The molecule has 0 aliphatic rings. The highest BCUT2D eigenvalue weighted by molar-refractivity contribution is 5.35. The molecule has 0 heterocycles. The van der Waals surface area contributed by atoms with Crippen LogP contribution in [0.5, 0.6) is 5.75 Å². The third kappa shape index (κ3) is 2.70. The van der Waals surface area contributed by atoms with Gasteiger partial charge in [0.05, 0.1) is 4.92 Å². The van der Waals surface area contributed by atoms with E-state index in [1.165, 1.54) is 24.3 Å². The molecule has 7 nitrogen and oxygen atoms in total. The van der Waals surface area contributed by atoms with Crippen LogP contribution in [0, 0.1) is 10.1 Å². The van der Waals surface area contributed by atoms with Gasteiger partial charge in [0.15, 0.2) is 0 Å². The van der Waals surface area contributed by atoms with Crippen LogP contribution < -0.4 is 10.6 Å². The van der Waals surface area contributed by atoms with E-state index in [-0.39, 0.29) is 12.4 Å². The molecule has 0 saturated heterocycles. The van der Waals surface area contributed by atoms with Gasteiger partial charge in [0.2, 0.25) is 6.73 Å². The zero-order valence-electron chi connectivity index (χ0n) is 7.16. The summed E-state index contributed by atoms with van der Waals surface area (Å²) < 4.78 is 5.02. The van der Waals surface area contributed by atoms with E-state index in [4.69, 9.17) is 10.6 Å². The van der Waals surface area contributed by atoms with Gasteiger partial charge in [0.25, 0.3) is 5.69 Å². The van der Waals surface area contributed by atoms with E-state index in [0.717, 1.165) is 0 Å². The number of rotatable bonds is 4. The molecular formula is C7H8N4O3. The molecule has 2 N–H and O–H groups in total. The van der Waals surface area contributed by atoms with E-state index >= 15 is 0 Å². The van der Waals surface area contributed by atoms with Gasteiger partial charge in [-0.1, -0.05) is 5.22 Å². The molecule has 14 heavy (non-hydrogen) atoms. The zero-order valence-corrected chi connectivity index (χ0v) is 7.16. The number of ether oxygens (including phenoxy) is 1. The lowest BCUT2D eigenvalue weighted by Crippen LogP contribution is -1.94. The maximum Gasteiger partial charge on any atom is 0.269 e. The fraction of sp³-hybridized carbons (Fsp3) is 0.143. The Kier molecular flexibility index (Phi) is 3.36. The normalized spacial score (nSPS) is 10.3. The summed E-state index contributed by atoms with van der Waals surface area (Å²) in [5, 5.41) is 16.6. The quantitative estimate of drug-likeness (QED) is 0.338. The van der Waals surface area contributed by atoms with Crippen LogP contribution in [-0.2, 0) is 0 Å². The van der Waals surface area contributed by atoms with Gasteiger partial charge in [-0.2, -0.15) is 0 Å². The maximum atomic E-state index is 10.3. The smallest absolute Gasteiger partial charge is 0.269 e. The van der Waals surface area contributed by atoms with Crippen molar-refractivity contribution in [2.45, 2.75) is 0 Å². The summed E-state index contributed by atoms with van der Waals surface area (Å²) in [5.41, 5.74) is 0.0119. The van der Waals surface area contributed by atoms with Crippen molar-refractivity contribution in [1.29, 1.82) is 0 Å². The van der Waals surface area contributed by atoms with E-state index in [1.54, 1.807) is 0 Å². The Morgan fingerprint density at radius 2 is 2.07 bits per heavy atom. The van der Waals surface area contributed by atoms with Crippen molar-refractivity contribution in [3.63, 3.8) is 0 Å². The maximum absolute atomic E-state index is 10.3. The van der Waals surface area contributed by atoms with Crippen LogP contribution in [0.1, 0.15) is 0 Å². The summed E-state index contributed by atoms with van der Waals surface area (Å²) in [4.78, 5) is 9.80. The average molecular weight is 196 g/mol. The number of nitro benzene ring substituents is 1. The van der Waals surface area contributed by atoms with Crippen LogP contribution in [0.15, 0.2) is 34.6 Å². The lowest BCUT2D eigenvalue weighted by Gasteiger charge is -2.00. The van der Waals surface area contributed by atoms with E-state index in [0.29, 0.717) is 5.75 Å². The minimum Gasteiger partial charge on any atom is -0.470 e. The van der Waals surface area contributed by atoms with Gasteiger partial charge in [-0.3, -0.25) is 10.1 Å². The number of hydrogen-bond acceptors (Lipinski definition) is 5. The van der Waals surface area contributed by atoms with E-state index < -0.39 is 4.92 Å². The third-order valence-corrected chi connectivity index (χ3v) is 1.42. The van der Waals surface area contributed by atoms with Crippen LogP contribution >= 0.6 is 0 Å². The number of hydrogen-bond donors (Lipinski definition) is 1. The first-order chi connectivity index (χ1) is 6.74. The van der Waals surface area contributed by atoms with Crippen LogP contribution in [0.25, 0.3) is 0 Å². The Balaban J connectivity index is 2.59. The minimum atomic E-state index is -0.483. The highest BCUT2D eigenvalue weighted by Crippen LogP contribution is 2.16. The number of benzene rings is 1. The lowest BCUT2D eigenvalue weighted by atomic mass is 10.3. The topological polar surface area (TPSA) is 103 Å². The highest BCUT2D eigenvalue weighted by atomic mass is 16.6. The van der Waals surface area contributed by atoms with Gasteiger partial charge < -0.3 is 10.6 Å². The van der Waals surface area contributed by atoms with Gasteiger partial charge in [-0.05, 0) is 12.1 Å². The molecule has 0 atom stereocenters. The van der Waals surface area contributed by atoms with Crippen molar-refractivity contribution in [2.24, 2.45) is 16.2 Å². The van der Waals surface area contributed by atoms with Crippen molar-refractivity contribution in [3.8, 4) is 5.75 Å². The minimum absolute atomic E-state index is 0.00564.